The number of carbonyl (C=O) groups excluding carboxylic acids is 1. The van der Waals surface area contributed by atoms with Crippen molar-refractivity contribution >= 4 is 46.3 Å². The maximum Gasteiger partial charge on any atom is 0.186 e. The van der Waals surface area contributed by atoms with Crippen LogP contribution in [0, 0.1) is 18.3 Å². The average molecular weight is 360 g/mol. The number of thiazole rings is 1. The first kappa shape index (κ1) is 16.1. The third-order valence-corrected chi connectivity index (χ3v) is 6.64. The Bertz CT molecular complexity index is 835. The first-order valence-electron chi connectivity index (χ1n) is 6.83. The van der Waals surface area contributed by atoms with Gasteiger partial charge in [-0.15, -0.1) is 11.3 Å². The van der Waals surface area contributed by atoms with E-state index >= 15 is 0 Å². The summed E-state index contributed by atoms with van der Waals surface area (Å²) in [5.74, 6) is 0.0666. The van der Waals surface area contributed by atoms with Crippen LogP contribution >= 0.6 is 34.9 Å². The van der Waals surface area contributed by atoms with Gasteiger partial charge in [-0.05, 0) is 19.1 Å². The van der Waals surface area contributed by atoms with Crippen LogP contribution < -0.4 is 4.90 Å². The number of nitrogens with zero attached hydrogens (tertiary/aromatic N) is 3. The van der Waals surface area contributed by atoms with Gasteiger partial charge in [0.05, 0.1) is 11.4 Å². The number of nitriles is 1. The molecule has 0 bridgehead atoms. The van der Waals surface area contributed by atoms with Gasteiger partial charge >= 0.3 is 0 Å². The summed E-state index contributed by atoms with van der Waals surface area (Å²) < 4.78 is 0.855. The molecule has 0 atom stereocenters. The van der Waals surface area contributed by atoms with Gasteiger partial charge in [-0.1, -0.05) is 35.7 Å². The van der Waals surface area contributed by atoms with Crippen LogP contribution in [-0.2, 0) is 4.79 Å². The topological polar surface area (TPSA) is 57.0 Å². The Balaban J connectivity index is 1.80. The van der Waals surface area contributed by atoms with Crippen molar-refractivity contribution in [3.05, 3.63) is 45.9 Å². The van der Waals surface area contributed by atoms with Gasteiger partial charge in [0.25, 0.3) is 0 Å². The van der Waals surface area contributed by atoms with Gasteiger partial charge in [-0.2, -0.15) is 5.26 Å². The summed E-state index contributed by atoms with van der Waals surface area (Å²) in [6.45, 7) is 1.92. The van der Waals surface area contributed by atoms with Crippen molar-refractivity contribution in [2.24, 2.45) is 0 Å². The zero-order valence-electron chi connectivity index (χ0n) is 12.6. The number of aryl methyl sites for hydroxylation is 1. The molecule has 0 amide bonds. The molecule has 116 valence electrons. The lowest BCUT2D eigenvalue weighted by Gasteiger charge is -2.14. The van der Waals surface area contributed by atoms with Gasteiger partial charge in [0.15, 0.2) is 10.1 Å². The number of thioether (sulfide) groups is 2. The Kier molecular flexibility index (Phi) is 4.76. The van der Waals surface area contributed by atoms with E-state index < -0.39 is 0 Å². The molecule has 1 aliphatic heterocycles. The van der Waals surface area contributed by atoms with E-state index in [-0.39, 0.29) is 17.1 Å². The Labute approximate surface area is 147 Å². The molecule has 0 radical (unpaired) electrons. The number of aromatic nitrogens is 1. The van der Waals surface area contributed by atoms with E-state index in [4.69, 9.17) is 0 Å². The third kappa shape index (κ3) is 3.29. The quantitative estimate of drug-likeness (QED) is 0.465. The second kappa shape index (κ2) is 6.79. The number of anilines is 1. The lowest BCUT2D eigenvalue weighted by molar-refractivity contribution is -0.112. The molecule has 7 heteroatoms. The number of fused-ring (bicyclic) bond motifs is 1. The summed E-state index contributed by atoms with van der Waals surface area (Å²) in [6, 6.07) is 9.98. The summed E-state index contributed by atoms with van der Waals surface area (Å²) in [7, 11) is 1.89. The van der Waals surface area contributed by atoms with E-state index in [0.717, 1.165) is 20.6 Å². The molecule has 2 heterocycles. The summed E-state index contributed by atoms with van der Waals surface area (Å²) in [5, 5.41) is 12.1. The minimum absolute atomic E-state index is 0.160. The molecule has 1 aromatic heterocycles. The molecule has 2 aromatic rings. The van der Waals surface area contributed by atoms with Crippen LogP contribution in [0.5, 0.6) is 0 Å². The first-order chi connectivity index (χ1) is 11.1. The number of rotatable bonds is 4. The van der Waals surface area contributed by atoms with E-state index in [2.05, 4.69) is 11.1 Å². The van der Waals surface area contributed by atoms with Gasteiger partial charge in [-0.3, -0.25) is 4.79 Å². The lowest BCUT2D eigenvalue weighted by atomic mass is 10.2. The van der Waals surface area contributed by atoms with Crippen molar-refractivity contribution in [3.8, 4) is 6.07 Å². The van der Waals surface area contributed by atoms with E-state index in [1.165, 1.54) is 34.9 Å². The molecule has 0 aliphatic carbocycles. The second-order valence-electron chi connectivity index (χ2n) is 4.89. The second-order valence-corrected chi connectivity index (χ2v) is 8.00. The fourth-order valence-corrected chi connectivity index (χ4v) is 5.03. The highest BCUT2D eigenvalue weighted by atomic mass is 32.2. The molecule has 1 aromatic carbocycles. The highest BCUT2D eigenvalue weighted by Crippen LogP contribution is 2.46. The Hall–Kier alpha value is -1.75. The maximum absolute atomic E-state index is 12.5. The summed E-state index contributed by atoms with van der Waals surface area (Å²) in [5.41, 5.74) is 2.19. The molecule has 0 N–H and O–H groups in total. The number of allylic oxidation sites excluding steroid dienone is 1. The van der Waals surface area contributed by atoms with E-state index in [0.29, 0.717) is 5.03 Å². The SMILES string of the molecule is Cc1csc(SCC(=O)C(C#N)=C2Sc3ccccc3N2C)n1. The minimum atomic E-state index is -0.160. The molecule has 0 saturated carbocycles. The van der Waals surface area contributed by atoms with Crippen molar-refractivity contribution < 1.29 is 4.79 Å². The molecular weight excluding hydrogens is 346 g/mol. The van der Waals surface area contributed by atoms with Crippen molar-refractivity contribution in [1.29, 1.82) is 5.26 Å². The standard InChI is InChI=1S/C16H13N3OS3/c1-10-8-21-16(18-10)22-9-13(20)11(7-17)15-19(2)12-5-3-4-6-14(12)23-15/h3-6,8H,9H2,1-2H3. The third-order valence-electron chi connectivity index (χ3n) is 3.27. The number of benzene rings is 1. The fraction of sp³-hybridized carbons (Fsp3) is 0.188. The fourth-order valence-electron chi connectivity index (χ4n) is 2.15. The maximum atomic E-state index is 12.5. The molecule has 1 aliphatic rings. The van der Waals surface area contributed by atoms with E-state index in [9.17, 15) is 10.1 Å². The molecular formula is C16H13N3OS3. The van der Waals surface area contributed by atoms with Crippen molar-refractivity contribution in [1.82, 2.24) is 4.98 Å². The smallest absolute Gasteiger partial charge is 0.186 e. The van der Waals surface area contributed by atoms with Crippen molar-refractivity contribution in [2.75, 3.05) is 17.7 Å². The number of carbonyl (C=O) groups is 1. The van der Waals surface area contributed by atoms with Crippen LogP contribution in [0.4, 0.5) is 5.69 Å². The van der Waals surface area contributed by atoms with E-state index in [1.54, 1.807) is 0 Å². The number of hydrogen-bond acceptors (Lipinski definition) is 7. The van der Waals surface area contributed by atoms with Crippen LogP contribution in [0.2, 0.25) is 0 Å². The number of hydrogen-bond donors (Lipinski definition) is 0. The Morgan fingerprint density at radius 1 is 1.43 bits per heavy atom. The van der Waals surface area contributed by atoms with Gasteiger partial charge < -0.3 is 4.90 Å². The predicted molar refractivity (Wildman–Crippen MR) is 95.9 cm³/mol. The monoisotopic (exact) mass is 359 g/mol. The first-order valence-corrected chi connectivity index (χ1v) is 9.51. The van der Waals surface area contributed by atoms with Gasteiger partial charge in [0.2, 0.25) is 0 Å². The lowest BCUT2D eigenvalue weighted by Crippen LogP contribution is -2.16. The van der Waals surface area contributed by atoms with Crippen LogP contribution in [0.15, 0.2) is 49.5 Å². The molecule has 4 nitrogen and oxygen atoms in total. The van der Waals surface area contributed by atoms with Crippen molar-refractivity contribution in [3.63, 3.8) is 0 Å². The largest absolute Gasteiger partial charge is 0.337 e. The normalized spacial score (nSPS) is 15.3. The summed E-state index contributed by atoms with van der Waals surface area (Å²) >= 11 is 4.37. The molecule has 23 heavy (non-hydrogen) atoms. The minimum Gasteiger partial charge on any atom is -0.337 e. The van der Waals surface area contributed by atoms with Crippen LogP contribution in [0.1, 0.15) is 5.69 Å². The Morgan fingerprint density at radius 3 is 2.87 bits per heavy atom. The van der Waals surface area contributed by atoms with Crippen molar-refractivity contribution in [2.45, 2.75) is 16.2 Å². The molecule has 0 saturated heterocycles. The van der Waals surface area contributed by atoms with Crippen LogP contribution in [0.3, 0.4) is 0 Å². The van der Waals surface area contributed by atoms with Gasteiger partial charge in [0, 0.05) is 23.0 Å². The van der Waals surface area contributed by atoms with Crippen LogP contribution in [0.25, 0.3) is 0 Å². The highest BCUT2D eigenvalue weighted by molar-refractivity contribution is 8.04. The highest BCUT2D eigenvalue weighted by Gasteiger charge is 2.27. The zero-order chi connectivity index (χ0) is 16.4. The Morgan fingerprint density at radius 2 is 2.22 bits per heavy atom. The predicted octanol–water partition coefficient (Wildman–Crippen LogP) is 4.09. The number of ketones is 1. The van der Waals surface area contributed by atoms with Crippen LogP contribution in [-0.4, -0.2) is 23.6 Å². The van der Waals surface area contributed by atoms with Gasteiger partial charge in [-0.25, -0.2) is 4.98 Å². The number of Topliss-reactive ketones (excluding diaryl/α,β-unsaturated/α-hetero) is 1. The van der Waals surface area contributed by atoms with E-state index in [1.807, 2.05) is 48.5 Å². The zero-order valence-corrected chi connectivity index (χ0v) is 15.0. The number of para-hydroxylation sites is 1. The molecule has 0 fully saturated rings. The summed E-state index contributed by atoms with van der Waals surface area (Å²) in [4.78, 5) is 19.8. The average Bonchev–Trinajstić information content (AvgIpc) is 3.11. The summed E-state index contributed by atoms with van der Waals surface area (Å²) in [6.07, 6.45) is 0. The molecule has 3 rings (SSSR count). The molecule has 0 unspecified atom stereocenters. The van der Waals surface area contributed by atoms with Gasteiger partial charge in [0.1, 0.15) is 16.7 Å². The molecule has 0 spiro atoms.